The van der Waals surface area contributed by atoms with Crippen molar-refractivity contribution in [2.24, 2.45) is 5.92 Å². The van der Waals surface area contributed by atoms with Crippen molar-refractivity contribution >= 4 is 29.0 Å². The summed E-state index contributed by atoms with van der Waals surface area (Å²) in [5, 5.41) is 0.850. The normalized spacial score (nSPS) is 16.4. The first-order valence-corrected chi connectivity index (χ1v) is 5.44. The highest BCUT2D eigenvalue weighted by Crippen LogP contribution is 2.34. The van der Waals surface area contributed by atoms with Gasteiger partial charge in [-0.05, 0) is 25.0 Å². The van der Waals surface area contributed by atoms with Crippen LogP contribution in [0.25, 0.3) is 0 Å². The van der Waals surface area contributed by atoms with Gasteiger partial charge in [0.2, 0.25) is 0 Å². The third-order valence-electron chi connectivity index (χ3n) is 2.69. The molecular formula is C11H10Cl2O. The number of Topliss-reactive ketones (excluding diaryl/α,β-unsaturated/α-hetero) is 1. The van der Waals surface area contributed by atoms with Crippen LogP contribution in [0, 0.1) is 5.92 Å². The fraction of sp³-hybridized carbons (Fsp3) is 0.364. The second-order valence-electron chi connectivity index (χ2n) is 3.59. The van der Waals surface area contributed by atoms with Crippen LogP contribution in [0.4, 0.5) is 0 Å². The molecule has 1 aromatic rings. The lowest BCUT2D eigenvalue weighted by Gasteiger charge is -2.24. The van der Waals surface area contributed by atoms with E-state index in [0.717, 1.165) is 19.3 Å². The molecule has 2 rings (SSSR count). The van der Waals surface area contributed by atoms with Gasteiger partial charge in [0.1, 0.15) is 0 Å². The van der Waals surface area contributed by atoms with Crippen LogP contribution in [0.2, 0.25) is 10.0 Å². The number of hydrogen-bond acceptors (Lipinski definition) is 1. The third kappa shape index (κ3) is 1.67. The maximum absolute atomic E-state index is 11.9. The number of carbonyl (C=O) groups is 1. The number of carbonyl (C=O) groups excluding carboxylic acids is 1. The molecule has 14 heavy (non-hydrogen) atoms. The smallest absolute Gasteiger partial charge is 0.167 e. The van der Waals surface area contributed by atoms with Gasteiger partial charge in [0.05, 0.1) is 10.0 Å². The minimum Gasteiger partial charge on any atom is -0.294 e. The van der Waals surface area contributed by atoms with Crippen LogP contribution in [-0.2, 0) is 0 Å². The molecule has 1 fully saturated rings. The first-order valence-electron chi connectivity index (χ1n) is 4.68. The van der Waals surface area contributed by atoms with Gasteiger partial charge >= 0.3 is 0 Å². The highest BCUT2D eigenvalue weighted by atomic mass is 35.5. The molecule has 0 heterocycles. The van der Waals surface area contributed by atoms with E-state index in [0.29, 0.717) is 15.6 Å². The number of halogens is 2. The standard InChI is InChI=1S/C11H10Cl2O/c12-9-6-2-5-8(10(9)13)11(14)7-3-1-4-7/h2,5-7H,1,3-4H2. The minimum absolute atomic E-state index is 0.142. The highest BCUT2D eigenvalue weighted by Gasteiger charge is 2.27. The molecule has 0 bridgehead atoms. The maximum Gasteiger partial charge on any atom is 0.167 e. The molecular weight excluding hydrogens is 219 g/mol. The van der Waals surface area contributed by atoms with Crippen LogP contribution >= 0.6 is 23.2 Å². The van der Waals surface area contributed by atoms with Crippen molar-refractivity contribution in [3.05, 3.63) is 33.8 Å². The summed E-state index contributed by atoms with van der Waals surface area (Å²) >= 11 is 11.8. The minimum atomic E-state index is 0.142. The van der Waals surface area contributed by atoms with E-state index in [-0.39, 0.29) is 11.7 Å². The number of benzene rings is 1. The van der Waals surface area contributed by atoms with Gasteiger partial charge in [-0.1, -0.05) is 35.7 Å². The zero-order valence-electron chi connectivity index (χ0n) is 7.59. The molecule has 1 aliphatic carbocycles. The van der Waals surface area contributed by atoms with Crippen molar-refractivity contribution in [2.45, 2.75) is 19.3 Å². The van der Waals surface area contributed by atoms with E-state index in [9.17, 15) is 4.79 Å². The van der Waals surface area contributed by atoms with Crippen LogP contribution in [0.15, 0.2) is 18.2 Å². The van der Waals surface area contributed by atoms with Gasteiger partial charge in [-0.2, -0.15) is 0 Å². The summed E-state index contributed by atoms with van der Waals surface area (Å²) < 4.78 is 0. The predicted octanol–water partition coefficient (Wildman–Crippen LogP) is 3.98. The Bertz CT molecular complexity index is 370. The largest absolute Gasteiger partial charge is 0.294 e. The van der Waals surface area contributed by atoms with Crippen LogP contribution in [0.5, 0.6) is 0 Å². The fourth-order valence-corrected chi connectivity index (χ4v) is 1.98. The van der Waals surface area contributed by atoms with E-state index in [4.69, 9.17) is 23.2 Å². The Morgan fingerprint density at radius 3 is 2.57 bits per heavy atom. The summed E-state index contributed by atoms with van der Waals surface area (Å²) in [6.45, 7) is 0. The summed E-state index contributed by atoms with van der Waals surface area (Å²) in [7, 11) is 0. The Hall–Kier alpha value is -0.530. The predicted molar refractivity (Wildman–Crippen MR) is 58.1 cm³/mol. The van der Waals surface area contributed by atoms with Crippen LogP contribution in [0.3, 0.4) is 0 Å². The molecule has 0 saturated heterocycles. The topological polar surface area (TPSA) is 17.1 Å². The molecule has 0 atom stereocenters. The second-order valence-corrected chi connectivity index (χ2v) is 4.38. The first-order chi connectivity index (χ1) is 6.70. The van der Waals surface area contributed by atoms with E-state index in [1.807, 2.05) is 0 Å². The Balaban J connectivity index is 2.31. The zero-order valence-corrected chi connectivity index (χ0v) is 9.11. The van der Waals surface area contributed by atoms with Crippen molar-refractivity contribution in [1.82, 2.24) is 0 Å². The molecule has 1 aliphatic rings. The molecule has 0 aromatic heterocycles. The van der Waals surface area contributed by atoms with Gasteiger partial charge in [0.25, 0.3) is 0 Å². The molecule has 0 unspecified atom stereocenters. The van der Waals surface area contributed by atoms with Gasteiger partial charge in [0.15, 0.2) is 5.78 Å². The Labute approximate surface area is 93.0 Å². The van der Waals surface area contributed by atoms with E-state index in [2.05, 4.69) is 0 Å². The molecule has 0 amide bonds. The Morgan fingerprint density at radius 2 is 2.00 bits per heavy atom. The number of rotatable bonds is 2. The summed E-state index contributed by atoms with van der Waals surface area (Å²) in [5.74, 6) is 0.315. The Morgan fingerprint density at radius 1 is 1.29 bits per heavy atom. The van der Waals surface area contributed by atoms with Gasteiger partial charge in [-0.15, -0.1) is 0 Å². The molecule has 0 N–H and O–H groups in total. The lowest BCUT2D eigenvalue weighted by Crippen LogP contribution is -2.22. The molecule has 1 saturated carbocycles. The van der Waals surface area contributed by atoms with E-state index in [1.165, 1.54) is 0 Å². The first kappa shape index (κ1) is 10.0. The molecule has 1 nitrogen and oxygen atoms in total. The fourth-order valence-electron chi connectivity index (χ4n) is 1.58. The molecule has 0 radical (unpaired) electrons. The van der Waals surface area contributed by atoms with Crippen molar-refractivity contribution in [3.63, 3.8) is 0 Å². The summed E-state index contributed by atoms with van der Waals surface area (Å²) in [4.78, 5) is 11.9. The summed E-state index contributed by atoms with van der Waals surface area (Å²) in [6, 6.07) is 5.20. The van der Waals surface area contributed by atoms with Crippen molar-refractivity contribution in [3.8, 4) is 0 Å². The van der Waals surface area contributed by atoms with Crippen molar-refractivity contribution in [1.29, 1.82) is 0 Å². The Kier molecular flexibility index (Phi) is 2.80. The van der Waals surface area contributed by atoms with Gasteiger partial charge in [0, 0.05) is 11.5 Å². The number of ketones is 1. The number of hydrogen-bond donors (Lipinski definition) is 0. The average Bonchev–Trinajstić information content (AvgIpc) is 2.06. The SMILES string of the molecule is O=C(c1cccc(Cl)c1Cl)C1CCC1. The van der Waals surface area contributed by atoms with Crippen LogP contribution in [0.1, 0.15) is 29.6 Å². The zero-order chi connectivity index (χ0) is 10.1. The van der Waals surface area contributed by atoms with Gasteiger partial charge < -0.3 is 0 Å². The van der Waals surface area contributed by atoms with E-state index < -0.39 is 0 Å². The monoisotopic (exact) mass is 228 g/mol. The molecule has 0 spiro atoms. The van der Waals surface area contributed by atoms with E-state index >= 15 is 0 Å². The quantitative estimate of drug-likeness (QED) is 0.701. The highest BCUT2D eigenvalue weighted by molar-refractivity contribution is 6.43. The third-order valence-corrected chi connectivity index (χ3v) is 3.51. The molecule has 0 aliphatic heterocycles. The molecule has 3 heteroatoms. The average molecular weight is 229 g/mol. The second kappa shape index (κ2) is 3.92. The van der Waals surface area contributed by atoms with Gasteiger partial charge in [-0.3, -0.25) is 4.79 Å². The molecule has 1 aromatic carbocycles. The van der Waals surface area contributed by atoms with Crippen LogP contribution in [-0.4, -0.2) is 5.78 Å². The molecule has 74 valence electrons. The van der Waals surface area contributed by atoms with Gasteiger partial charge in [-0.25, -0.2) is 0 Å². The van der Waals surface area contributed by atoms with Crippen LogP contribution < -0.4 is 0 Å². The summed E-state index contributed by atoms with van der Waals surface area (Å²) in [5.41, 5.74) is 0.573. The van der Waals surface area contributed by atoms with E-state index in [1.54, 1.807) is 18.2 Å². The van der Waals surface area contributed by atoms with Crippen molar-refractivity contribution in [2.75, 3.05) is 0 Å². The van der Waals surface area contributed by atoms with Crippen molar-refractivity contribution < 1.29 is 4.79 Å². The lowest BCUT2D eigenvalue weighted by molar-refractivity contribution is 0.0855. The summed E-state index contributed by atoms with van der Waals surface area (Å²) in [6.07, 6.45) is 3.12. The lowest BCUT2D eigenvalue weighted by atomic mass is 9.80. The maximum atomic E-state index is 11.9.